The Morgan fingerprint density at radius 3 is 2.62 bits per heavy atom. The minimum Gasteiger partial charge on any atom is -0.406 e. The third kappa shape index (κ3) is 5.95. The first-order valence-electron chi connectivity index (χ1n) is 8.06. The first kappa shape index (κ1) is 20.1. The number of halogens is 4. The molecule has 0 bridgehead atoms. The van der Waals surface area contributed by atoms with Crippen molar-refractivity contribution in [3.05, 3.63) is 58.1 Å². The fraction of sp³-hybridized carbons (Fsp3) is 0.316. The van der Waals surface area contributed by atoms with Gasteiger partial charge in [-0.15, -0.1) is 13.2 Å². The Morgan fingerprint density at radius 1 is 1.23 bits per heavy atom. The van der Waals surface area contributed by atoms with E-state index in [4.69, 9.17) is 11.6 Å². The summed E-state index contributed by atoms with van der Waals surface area (Å²) in [7, 11) is 1.91. The molecule has 0 aliphatic carbocycles. The Labute approximate surface area is 156 Å². The predicted octanol–water partition coefficient (Wildman–Crippen LogP) is 5.75. The van der Waals surface area contributed by atoms with Crippen molar-refractivity contribution in [2.75, 3.05) is 13.6 Å². The van der Waals surface area contributed by atoms with Gasteiger partial charge in [0.1, 0.15) is 5.75 Å². The maximum absolute atomic E-state index is 12.4. The lowest BCUT2D eigenvalue weighted by molar-refractivity contribution is -0.274. The number of hydrogen-bond donors (Lipinski definition) is 0. The molecule has 0 aliphatic heterocycles. The molecular formula is C19H20ClF3N2O. The highest BCUT2D eigenvalue weighted by Crippen LogP contribution is 2.30. The van der Waals surface area contributed by atoms with Gasteiger partial charge >= 0.3 is 6.36 Å². The number of rotatable bonds is 6. The van der Waals surface area contributed by atoms with Crippen molar-refractivity contribution >= 4 is 23.6 Å². The van der Waals surface area contributed by atoms with Crippen LogP contribution in [0.15, 0.2) is 41.4 Å². The molecule has 2 rings (SSSR count). The van der Waals surface area contributed by atoms with Crippen LogP contribution in [-0.4, -0.2) is 31.2 Å². The van der Waals surface area contributed by atoms with E-state index in [1.165, 1.54) is 18.2 Å². The Balaban J connectivity index is 2.21. The normalized spacial score (nSPS) is 11.8. The third-order valence-electron chi connectivity index (χ3n) is 3.82. The van der Waals surface area contributed by atoms with Crippen molar-refractivity contribution in [2.24, 2.45) is 4.99 Å². The summed E-state index contributed by atoms with van der Waals surface area (Å²) in [6, 6.07) is 9.61. The summed E-state index contributed by atoms with van der Waals surface area (Å²) < 4.78 is 41.0. The Bertz CT molecular complexity index is 791. The Morgan fingerprint density at radius 2 is 1.96 bits per heavy atom. The van der Waals surface area contributed by atoms with Gasteiger partial charge in [-0.25, -0.2) is 4.99 Å². The van der Waals surface area contributed by atoms with Crippen LogP contribution in [-0.2, 0) is 6.42 Å². The molecule has 26 heavy (non-hydrogen) atoms. The van der Waals surface area contributed by atoms with E-state index in [0.29, 0.717) is 22.7 Å². The highest BCUT2D eigenvalue weighted by atomic mass is 35.5. The zero-order valence-electron chi connectivity index (χ0n) is 14.8. The molecular weight excluding hydrogens is 365 g/mol. The van der Waals surface area contributed by atoms with E-state index in [2.05, 4.69) is 9.73 Å². The number of benzene rings is 2. The molecule has 0 N–H and O–H groups in total. The van der Waals surface area contributed by atoms with Crippen molar-refractivity contribution in [3.63, 3.8) is 0 Å². The summed E-state index contributed by atoms with van der Waals surface area (Å²) in [5.74, 6) is -0.234. The van der Waals surface area contributed by atoms with E-state index in [9.17, 15) is 13.2 Å². The van der Waals surface area contributed by atoms with E-state index in [0.717, 1.165) is 17.7 Å². The largest absolute Gasteiger partial charge is 0.573 e. The lowest BCUT2D eigenvalue weighted by atomic mass is 10.00. The second-order valence-electron chi connectivity index (χ2n) is 5.92. The maximum atomic E-state index is 12.4. The van der Waals surface area contributed by atoms with Crippen LogP contribution in [0.5, 0.6) is 5.75 Å². The first-order valence-corrected chi connectivity index (χ1v) is 8.44. The van der Waals surface area contributed by atoms with Crippen molar-refractivity contribution in [1.82, 2.24) is 4.90 Å². The number of aliphatic imine (C=N–C) groups is 1. The smallest absolute Gasteiger partial charge is 0.406 e. The topological polar surface area (TPSA) is 24.8 Å². The lowest BCUT2D eigenvalue weighted by Crippen LogP contribution is -2.17. The molecule has 0 amide bonds. The summed E-state index contributed by atoms with van der Waals surface area (Å²) in [4.78, 5) is 6.29. The number of alkyl halides is 3. The van der Waals surface area contributed by atoms with Crippen LogP contribution in [0.1, 0.15) is 23.6 Å². The molecule has 7 heteroatoms. The van der Waals surface area contributed by atoms with Gasteiger partial charge in [0.05, 0.1) is 17.0 Å². The monoisotopic (exact) mass is 384 g/mol. The molecule has 0 heterocycles. The van der Waals surface area contributed by atoms with Crippen molar-refractivity contribution in [1.29, 1.82) is 0 Å². The summed E-state index contributed by atoms with van der Waals surface area (Å²) in [5, 5.41) is 0.494. The molecule has 0 spiro atoms. The molecule has 0 unspecified atom stereocenters. The zero-order chi connectivity index (χ0) is 19.3. The van der Waals surface area contributed by atoms with Gasteiger partial charge in [-0.2, -0.15) is 0 Å². The van der Waals surface area contributed by atoms with Crippen LogP contribution in [0.25, 0.3) is 0 Å². The zero-order valence-corrected chi connectivity index (χ0v) is 15.5. The predicted molar refractivity (Wildman–Crippen MR) is 98.6 cm³/mol. The molecule has 0 aromatic heterocycles. The highest BCUT2D eigenvalue weighted by Gasteiger charge is 2.31. The lowest BCUT2D eigenvalue weighted by Gasteiger charge is -2.12. The molecule has 0 aliphatic rings. The van der Waals surface area contributed by atoms with Crippen LogP contribution in [0, 0.1) is 6.92 Å². The molecule has 0 radical (unpaired) electrons. The van der Waals surface area contributed by atoms with Crippen LogP contribution < -0.4 is 4.74 Å². The van der Waals surface area contributed by atoms with Gasteiger partial charge in [0.15, 0.2) is 0 Å². The molecule has 0 fully saturated rings. The van der Waals surface area contributed by atoms with E-state index < -0.39 is 6.36 Å². The quantitative estimate of drug-likeness (QED) is 0.468. The van der Waals surface area contributed by atoms with Gasteiger partial charge in [-0.3, -0.25) is 0 Å². The van der Waals surface area contributed by atoms with Crippen molar-refractivity contribution in [2.45, 2.75) is 26.6 Å². The van der Waals surface area contributed by atoms with E-state index >= 15 is 0 Å². The van der Waals surface area contributed by atoms with E-state index in [-0.39, 0.29) is 5.75 Å². The van der Waals surface area contributed by atoms with Crippen LogP contribution >= 0.6 is 11.6 Å². The van der Waals surface area contributed by atoms with Crippen molar-refractivity contribution < 1.29 is 17.9 Å². The van der Waals surface area contributed by atoms with E-state index in [1.54, 1.807) is 18.5 Å². The highest BCUT2D eigenvalue weighted by molar-refractivity contribution is 6.33. The standard InChI is InChI=1S/C19H20ClF3N2O/c1-4-25(3)12-24-18-8-13(2)15(11-17(18)20)9-14-6-5-7-16(10-14)26-19(21,22)23/h5-8,10-12H,4,9H2,1-3H3. The third-order valence-corrected chi connectivity index (χ3v) is 4.13. The SMILES string of the molecule is CCN(C)C=Nc1cc(C)c(Cc2cccc(OC(F)(F)F)c2)cc1Cl. The number of nitrogens with zero attached hydrogens (tertiary/aromatic N) is 2. The summed E-state index contributed by atoms with van der Waals surface area (Å²) >= 11 is 6.31. The fourth-order valence-electron chi connectivity index (χ4n) is 2.31. The molecule has 0 saturated heterocycles. The Kier molecular flexibility index (Phi) is 6.53. The van der Waals surface area contributed by atoms with Crippen LogP contribution in [0.4, 0.5) is 18.9 Å². The minimum absolute atomic E-state index is 0.234. The van der Waals surface area contributed by atoms with Gasteiger partial charge in [0.2, 0.25) is 0 Å². The molecule has 140 valence electrons. The van der Waals surface area contributed by atoms with Crippen LogP contribution in [0.2, 0.25) is 5.02 Å². The second kappa shape index (κ2) is 8.45. The maximum Gasteiger partial charge on any atom is 0.573 e. The number of ether oxygens (including phenoxy) is 1. The molecule has 3 nitrogen and oxygen atoms in total. The fourth-order valence-corrected chi connectivity index (χ4v) is 2.55. The summed E-state index contributed by atoms with van der Waals surface area (Å²) in [6.07, 6.45) is -2.55. The Hall–Kier alpha value is -2.21. The number of aryl methyl sites for hydroxylation is 1. The van der Waals surface area contributed by atoms with Gasteiger partial charge in [0, 0.05) is 13.6 Å². The second-order valence-corrected chi connectivity index (χ2v) is 6.33. The average molecular weight is 385 g/mol. The van der Waals surface area contributed by atoms with Gasteiger partial charge in [-0.1, -0.05) is 23.7 Å². The minimum atomic E-state index is -4.71. The van der Waals surface area contributed by atoms with Gasteiger partial charge < -0.3 is 9.64 Å². The molecule has 0 saturated carbocycles. The molecule has 2 aromatic carbocycles. The van der Waals surface area contributed by atoms with Crippen molar-refractivity contribution in [3.8, 4) is 5.75 Å². The van der Waals surface area contributed by atoms with Crippen LogP contribution in [0.3, 0.4) is 0 Å². The first-order chi connectivity index (χ1) is 12.2. The molecule has 2 aromatic rings. The summed E-state index contributed by atoms with van der Waals surface area (Å²) in [6.45, 7) is 4.76. The molecule has 0 atom stereocenters. The van der Waals surface area contributed by atoms with E-state index in [1.807, 2.05) is 31.9 Å². The average Bonchev–Trinajstić information content (AvgIpc) is 2.55. The summed E-state index contributed by atoms with van der Waals surface area (Å²) in [5.41, 5.74) is 3.24. The van der Waals surface area contributed by atoms with Gasteiger partial charge in [-0.05, 0) is 61.2 Å². The van der Waals surface area contributed by atoms with Gasteiger partial charge in [0.25, 0.3) is 0 Å². The number of hydrogen-bond acceptors (Lipinski definition) is 2.